The molecule has 23 heavy (non-hydrogen) atoms. The molecule has 1 aromatic carbocycles. The summed E-state index contributed by atoms with van der Waals surface area (Å²) >= 11 is 1.61. The number of hydrogen-bond donors (Lipinski definition) is 2. The van der Waals surface area contributed by atoms with Crippen LogP contribution in [0, 0.1) is 13.8 Å². The summed E-state index contributed by atoms with van der Waals surface area (Å²) in [5.74, 6) is -0.373. The van der Waals surface area contributed by atoms with Crippen molar-refractivity contribution in [1.29, 1.82) is 0 Å². The third kappa shape index (κ3) is 2.91. The van der Waals surface area contributed by atoms with Crippen molar-refractivity contribution in [2.45, 2.75) is 13.8 Å². The van der Waals surface area contributed by atoms with E-state index in [-0.39, 0.29) is 5.56 Å². The minimum atomic E-state index is -0.985. The smallest absolute Gasteiger partial charge is 0.336 e. The monoisotopic (exact) mass is 326 g/mol. The number of nitrogens with zero attached hydrogens (tertiary/aromatic N) is 3. The predicted molar refractivity (Wildman–Crippen MR) is 91.5 cm³/mol. The first-order valence-corrected chi connectivity index (χ1v) is 7.71. The maximum atomic E-state index is 11.2. The molecule has 3 rings (SSSR count). The Morgan fingerprint density at radius 3 is 2.87 bits per heavy atom. The van der Waals surface area contributed by atoms with Gasteiger partial charge in [-0.2, -0.15) is 5.10 Å². The molecule has 7 heteroatoms. The van der Waals surface area contributed by atoms with Gasteiger partial charge in [0.15, 0.2) is 5.82 Å². The highest BCUT2D eigenvalue weighted by Crippen LogP contribution is 2.32. The number of rotatable bonds is 4. The number of aromatic carboxylic acids is 1. The van der Waals surface area contributed by atoms with Crippen LogP contribution in [0.2, 0.25) is 0 Å². The van der Waals surface area contributed by atoms with Crippen molar-refractivity contribution in [1.82, 2.24) is 9.97 Å². The summed E-state index contributed by atoms with van der Waals surface area (Å²) in [6.45, 7) is 4.06. The number of carbonyl (C=O) groups is 1. The number of aromatic nitrogens is 2. The van der Waals surface area contributed by atoms with Gasteiger partial charge in [-0.05, 0) is 25.5 Å². The third-order valence-corrected chi connectivity index (χ3v) is 4.65. The quantitative estimate of drug-likeness (QED) is 0.566. The number of thiophene rings is 1. The Bertz CT molecular complexity index is 918. The molecular formula is C16H14N4O2S. The molecule has 0 bridgehead atoms. The number of fused-ring (bicyclic) bond motifs is 1. The van der Waals surface area contributed by atoms with Crippen molar-refractivity contribution in [3.05, 3.63) is 52.2 Å². The number of carboxylic acid groups (broad SMARTS) is 1. The number of hydrogen-bond acceptors (Lipinski definition) is 6. The zero-order valence-corrected chi connectivity index (χ0v) is 13.4. The Morgan fingerprint density at radius 1 is 1.30 bits per heavy atom. The van der Waals surface area contributed by atoms with Gasteiger partial charge >= 0.3 is 5.97 Å². The highest BCUT2D eigenvalue weighted by Gasteiger charge is 2.11. The fraction of sp³-hybridized carbons (Fsp3) is 0.125. The second-order valence-electron chi connectivity index (χ2n) is 4.95. The van der Waals surface area contributed by atoms with E-state index in [1.54, 1.807) is 35.6 Å². The molecule has 2 aromatic heterocycles. The minimum Gasteiger partial charge on any atom is -0.478 e. The van der Waals surface area contributed by atoms with E-state index < -0.39 is 5.97 Å². The zero-order valence-electron chi connectivity index (χ0n) is 12.6. The van der Waals surface area contributed by atoms with E-state index in [0.29, 0.717) is 11.4 Å². The van der Waals surface area contributed by atoms with Gasteiger partial charge in [0, 0.05) is 10.4 Å². The zero-order chi connectivity index (χ0) is 16.4. The Hall–Kier alpha value is -2.80. The first-order valence-electron chi connectivity index (χ1n) is 6.90. The average Bonchev–Trinajstić information content (AvgIpc) is 2.83. The molecule has 0 aliphatic rings. The number of aryl methyl sites for hydroxylation is 2. The van der Waals surface area contributed by atoms with Crippen LogP contribution in [0.1, 0.15) is 26.4 Å². The lowest BCUT2D eigenvalue weighted by Crippen LogP contribution is -2.02. The van der Waals surface area contributed by atoms with Gasteiger partial charge in [0.2, 0.25) is 0 Å². The van der Waals surface area contributed by atoms with Crippen molar-refractivity contribution < 1.29 is 9.90 Å². The van der Waals surface area contributed by atoms with Crippen LogP contribution in [0.15, 0.2) is 35.7 Å². The molecule has 0 amide bonds. The van der Waals surface area contributed by atoms with Crippen LogP contribution in [-0.2, 0) is 0 Å². The standard InChI is InChI=1S/C16H14N4O2S/c1-9-10(2)23-15-13(9)14(17-8-18-15)20-19-7-11-5-3-4-6-12(11)16(21)22/h3-8H,1-2H3,(H,21,22)(H,17,18,20). The molecule has 0 fully saturated rings. The molecule has 3 aromatic rings. The topological polar surface area (TPSA) is 87.5 Å². The summed E-state index contributed by atoms with van der Waals surface area (Å²) in [6, 6.07) is 6.69. The number of nitrogens with one attached hydrogen (secondary N) is 1. The van der Waals surface area contributed by atoms with Gasteiger partial charge in [0.1, 0.15) is 11.2 Å². The van der Waals surface area contributed by atoms with Gasteiger partial charge in [0.05, 0.1) is 17.2 Å². The third-order valence-electron chi connectivity index (χ3n) is 3.53. The summed E-state index contributed by atoms with van der Waals surface area (Å²) in [4.78, 5) is 21.8. The summed E-state index contributed by atoms with van der Waals surface area (Å²) < 4.78 is 0. The van der Waals surface area contributed by atoms with Gasteiger partial charge in [-0.1, -0.05) is 18.2 Å². The van der Waals surface area contributed by atoms with E-state index in [2.05, 4.69) is 20.5 Å². The summed E-state index contributed by atoms with van der Waals surface area (Å²) in [5, 5.41) is 14.2. The molecule has 0 radical (unpaired) electrons. The Morgan fingerprint density at radius 2 is 2.09 bits per heavy atom. The molecule has 0 aliphatic heterocycles. The number of anilines is 1. The van der Waals surface area contributed by atoms with E-state index >= 15 is 0 Å². The predicted octanol–water partition coefficient (Wildman–Crippen LogP) is 3.45. The fourth-order valence-electron chi connectivity index (χ4n) is 2.23. The Balaban J connectivity index is 1.91. The van der Waals surface area contributed by atoms with E-state index in [1.807, 2.05) is 13.8 Å². The van der Waals surface area contributed by atoms with Gasteiger partial charge in [-0.25, -0.2) is 14.8 Å². The number of carboxylic acids is 1. The lowest BCUT2D eigenvalue weighted by molar-refractivity contribution is 0.0697. The van der Waals surface area contributed by atoms with Crippen molar-refractivity contribution in [2.75, 3.05) is 5.43 Å². The first-order chi connectivity index (χ1) is 11.1. The van der Waals surface area contributed by atoms with Gasteiger partial charge in [-0.15, -0.1) is 11.3 Å². The average molecular weight is 326 g/mol. The van der Waals surface area contributed by atoms with Crippen LogP contribution < -0.4 is 5.43 Å². The van der Waals surface area contributed by atoms with Crippen LogP contribution in [0.4, 0.5) is 5.82 Å². The number of hydrazone groups is 1. The van der Waals surface area contributed by atoms with Gasteiger partial charge < -0.3 is 5.11 Å². The van der Waals surface area contributed by atoms with Gasteiger partial charge in [0.25, 0.3) is 0 Å². The second kappa shape index (κ2) is 6.13. The summed E-state index contributed by atoms with van der Waals surface area (Å²) in [7, 11) is 0. The fourth-order valence-corrected chi connectivity index (χ4v) is 3.23. The van der Waals surface area contributed by atoms with E-state index in [9.17, 15) is 4.79 Å². The van der Waals surface area contributed by atoms with E-state index in [4.69, 9.17) is 5.11 Å². The molecule has 0 spiro atoms. The molecule has 6 nitrogen and oxygen atoms in total. The van der Waals surface area contributed by atoms with Crippen LogP contribution in [0.3, 0.4) is 0 Å². The Kier molecular flexibility index (Phi) is 4.03. The summed E-state index contributed by atoms with van der Waals surface area (Å²) in [5.41, 5.74) is 4.73. The van der Waals surface area contributed by atoms with Crippen LogP contribution >= 0.6 is 11.3 Å². The lowest BCUT2D eigenvalue weighted by Gasteiger charge is -2.03. The largest absolute Gasteiger partial charge is 0.478 e. The highest BCUT2D eigenvalue weighted by molar-refractivity contribution is 7.18. The lowest BCUT2D eigenvalue weighted by atomic mass is 10.1. The Labute approximate surface area is 136 Å². The van der Waals surface area contributed by atoms with Gasteiger partial charge in [-0.3, -0.25) is 5.43 Å². The molecule has 2 N–H and O–H groups in total. The molecule has 116 valence electrons. The maximum absolute atomic E-state index is 11.2. The molecule has 0 aliphatic carbocycles. The van der Waals surface area contributed by atoms with Crippen LogP contribution in [-0.4, -0.2) is 27.3 Å². The minimum absolute atomic E-state index is 0.202. The molecule has 2 heterocycles. The van der Waals surface area contributed by atoms with E-state index in [0.717, 1.165) is 15.8 Å². The normalized spacial score (nSPS) is 11.2. The van der Waals surface area contributed by atoms with Crippen molar-refractivity contribution in [2.24, 2.45) is 5.10 Å². The maximum Gasteiger partial charge on any atom is 0.336 e. The van der Waals surface area contributed by atoms with Crippen molar-refractivity contribution in [3.8, 4) is 0 Å². The molecular weight excluding hydrogens is 312 g/mol. The van der Waals surface area contributed by atoms with Crippen LogP contribution in [0.5, 0.6) is 0 Å². The highest BCUT2D eigenvalue weighted by atomic mass is 32.1. The molecule has 0 atom stereocenters. The van der Waals surface area contributed by atoms with Crippen LogP contribution in [0.25, 0.3) is 10.2 Å². The second-order valence-corrected chi connectivity index (χ2v) is 6.15. The number of benzene rings is 1. The van der Waals surface area contributed by atoms with Crippen molar-refractivity contribution in [3.63, 3.8) is 0 Å². The SMILES string of the molecule is Cc1sc2ncnc(NN=Cc3ccccc3C(=O)O)c2c1C. The summed E-state index contributed by atoms with van der Waals surface area (Å²) in [6.07, 6.45) is 2.96. The molecule has 0 unspecified atom stereocenters. The molecule has 0 saturated heterocycles. The molecule has 0 saturated carbocycles. The van der Waals surface area contributed by atoms with Crippen molar-refractivity contribution >= 4 is 39.6 Å². The first kappa shape index (κ1) is 15.1. The van der Waals surface area contributed by atoms with E-state index in [1.165, 1.54) is 17.4 Å².